The van der Waals surface area contributed by atoms with Gasteiger partial charge in [0.2, 0.25) is 0 Å². The van der Waals surface area contributed by atoms with Crippen LogP contribution < -0.4 is 10.5 Å². The average molecular weight is 212 g/mol. The molecule has 3 heteroatoms. The molecule has 0 saturated heterocycles. The van der Waals surface area contributed by atoms with E-state index in [4.69, 9.17) is 10.5 Å². The lowest BCUT2D eigenvalue weighted by Gasteiger charge is -2.22. The van der Waals surface area contributed by atoms with E-state index in [-0.39, 0.29) is 0 Å². The van der Waals surface area contributed by atoms with Crippen molar-refractivity contribution in [2.45, 2.75) is 13.5 Å². The highest BCUT2D eigenvalue weighted by atomic mass is 16.5. The number of hydrogen-bond acceptors (Lipinski definition) is 3. The van der Waals surface area contributed by atoms with Gasteiger partial charge < -0.3 is 10.5 Å². The van der Waals surface area contributed by atoms with E-state index in [0.717, 1.165) is 22.6 Å². The van der Waals surface area contributed by atoms with Crippen LogP contribution in [0.2, 0.25) is 0 Å². The summed E-state index contributed by atoms with van der Waals surface area (Å²) in [5.74, 6) is 0.846. The summed E-state index contributed by atoms with van der Waals surface area (Å²) in [6.45, 7) is 2.61. The van der Waals surface area contributed by atoms with Gasteiger partial charge in [-0.3, -0.25) is 4.98 Å². The van der Waals surface area contributed by atoms with Crippen molar-refractivity contribution in [3.63, 3.8) is 0 Å². The summed E-state index contributed by atoms with van der Waals surface area (Å²) >= 11 is 0. The van der Waals surface area contributed by atoms with Gasteiger partial charge in [0.1, 0.15) is 12.4 Å². The number of fused-ring (bicyclic) bond motifs is 3. The van der Waals surface area contributed by atoms with E-state index >= 15 is 0 Å². The Labute approximate surface area is 93.9 Å². The van der Waals surface area contributed by atoms with Crippen LogP contribution >= 0.6 is 0 Å². The van der Waals surface area contributed by atoms with Gasteiger partial charge in [-0.1, -0.05) is 6.07 Å². The van der Waals surface area contributed by atoms with E-state index in [1.54, 1.807) is 12.4 Å². The smallest absolute Gasteiger partial charge is 0.145 e. The number of nitrogens with zero attached hydrogens (tertiary/aromatic N) is 1. The van der Waals surface area contributed by atoms with Gasteiger partial charge in [0.05, 0.1) is 6.20 Å². The van der Waals surface area contributed by atoms with E-state index in [9.17, 15) is 0 Å². The first-order valence-corrected chi connectivity index (χ1v) is 5.22. The van der Waals surface area contributed by atoms with Gasteiger partial charge in [0, 0.05) is 23.0 Å². The molecule has 1 aromatic heterocycles. The molecule has 1 aliphatic rings. The Kier molecular flexibility index (Phi) is 1.86. The topological polar surface area (TPSA) is 48.1 Å². The first kappa shape index (κ1) is 9.21. The van der Waals surface area contributed by atoms with E-state index in [1.165, 1.54) is 11.1 Å². The molecule has 2 N–H and O–H groups in total. The molecule has 1 aliphatic heterocycles. The number of anilines is 1. The molecule has 0 fully saturated rings. The van der Waals surface area contributed by atoms with Gasteiger partial charge in [0.25, 0.3) is 0 Å². The Hall–Kier alpha value is -2.03. The molecule has 2 aromatic rings. The van der Waals surface area contributed by atoms with Crippen LogP contribution in [-0.4, -0.2) is 4.98 Å². The van der Waals surface area contributed by atoms with Crippen LogP contribution in [0.15, 0.2) is 30.6 Å². The third-order valence-electron chi connectivity index (χ3n) is 3.09. The summed E-state index contributed by atoms with van der Waals surface area (Å²) in [5.41, 5.74) is 11.3. The van der Waals surface area contributed by atoms with Crippen molar-refractivity contribution in [2.24, 2.45) is 0 Å². The van der Waals surface area contributed by atoms with Gasteiger partial charge >= 0.3 is 0 Å². The molecule has 3 nitrogen and oxygen atoms in total. The molecular weight excluding hydrogens is 200 g/mol. The van der Waals surface area contributed by atoms with Crippen LogP contribution in [0.5, 0.6) is 5.75 Å². The monoisotopic (exact) mass is 212 g/mol. The normalized spacial score (nSPS) is 12.6. The standard InChI is InChI=1S/C13H12N2O/c1-8-11-7-16-13-6-15-5-4-10(13)9(11)2-3-12(8)14/h2-6H,7,14H2,1H3. The lowest BCUT2D eigenvalue weighted by atomic mass is 9.94. The van der Waals surface area contributed by atoms with Crippen molar-refractivity contribution in [2.75, 3.05) is 5.73 Å². The van der Waals surface area contributed by atoms with Crippen molar-refractivity contribution >= 4 is 5.69 Å². The van der Waals surface area contributed by atoms with E-state index < -0.39 is 0 Å². The fraction of sp³-hybridized carbons (Fsp3) is 0.154. The maximum Gasteiger partial charge on any atom is 0.145 e. The number of aromatic nitrogens is 1. The molecule has 0 unspecified atom stereocenters. The first-order valence-electron chi connectivity index (χ1n) is 5.22. The number of benzene rings is 1. The minimum atomic E-state index is 0.574. The van der Waals surface area contributed by atoms with E-state index in [2.05, 4.69) is 11.1 Å². The van der Waals surface area contributed by atoms with Crippen molar-refractivity contribution in [3.05, 3.63) is 41.7 Å². The highest BCUT2D eigenvalue weighted by Gasteiger charge is 2.19. The number of rotatable bonds is 0. The molecule has 3 rings (SSSR count). The number of pyridine rings is 1. The van der Waals surface area contributed by atoms with Gasteiger partial charge in [-0.25, -0.2) is 0 Å². The summed E-state index contributed by atoms with van der Waals surface area (Å²) in [4.78, 5) is 4.06. The van der Waals surface area contributed by atoms with E-state index in [0.29, 0.717) is 6.61 Å². The maximum atomic E-state index is 5.90. The second kappa shape index (κ2) is 3.23. The van der Waals surface area contributed by atoms with Crippen LogP contribution in [0.4, 0.5) is 5.69 Å². The Morgan fingerprint density at radius 3 is 3.00 bits per heavy atom. The highest BCUT2D eigenvalue weighted by molar-refractivity contribution is 5.77. The molecular formula is C13H12N2O. The minimum absolute atomic E-state index is 0.574. The molecule has 0 saturated carbocycles. The second-order valence-corrected chi connectivity index (χ2v) is 3.97. The van der Waals surface area contributed by atoms with Crippen molar-refractivity contribution in [3.8, 4) is 16.9 Å². The molecule has 1 aromatic carbocycles. The third-order valence-corrected chi connectivity index (χ3v) is 3.09. The second-order valence-electron chi connectivity index (χ2n) is 3.97. The maximum absolute atomic E-state index is 5.90. The van der Waals surface area contributed by atoms with Gasteiger partial charge in [-0.15, -0.1) is 0 Å². The SMILES string of the molecule is Cc1c(N)ccc2c1COc1cnccc1-2. The molecule has 16 heavy (non-hydrogen) atoms. The fourth-order valence-electron chi connectivity index (χ4n) is 2.08. The first-order chi connectivity index (χ1) is 7.77. The zero-order valence-electron chi connectivity index (χ0n) is 9.03. The van der Waals surface area contributed by atoms with Crippen LogP contribution in [0.25, 0.3) is 11.1 Å². The predicted octanol–water partition coefficient (Wildman–Crippen LogP) is 2.53. The average Bonchev–Trinajstić information content (AvgIpc) is 2.33. The largest absolute Gasteiger partial charge is 0.487 e. The van der Waals surface area contributed by atoms with Crippen LogP contribution in [-0.2, 0) is 6.61 Å². The third kappa shape index (κ3) is 1.18. The number of nitrogens with two attached hydrogens (primary N) is 1. The molecule has 0 amide bonds. The Balaban J connectivity index is 2.30. The molecule has 0 aliphatic carbocycles. The van der Waals surface area contributed by atoms with Crippen molar-refractivity contribution < 1.29 is 4.74 Å². The van der Waals surface area contributed by atoms with Gasteiger partial charge in [-0.05, 0) is 30.2 Å². The molecule has 2 heterocycles. The Bertz CT molecular complexity index is 564. The number of hydrogen-bond donors (Lipinski definition) is 1. The lowest BCUT2D eigenvalue weighted by Crippen LogP contribution is -2.08. The Morgan fingerprint density at radius 1 is 1.25 bits per heavy atom. The summed E-state index contributed by atoms with van der Waals surface area (Å²) < 4.78 is 5.67. The van der Waals surface area contributed by atoms with Gasteiger partial charge in [0.15, 0.2) is 0 Å². The lowest BCUT2D eigenvalue weighted by molar-refractivity contribution is 0.300. The van der Waals surface area contributed by atoms with Crippen LogP contribution in [0, 0.1) is 6.92 Å². The fourth-order valence-corrected chi connectivity index (χ4v) is 2.08. The Morgan fingerprint density at radius 2 is 2.12 bits per heavy atom. The number of ether oxygens (including phenoxy) is 1. The van der Waals surface area contributed by atoms with E-state index in [1.807, 2.05) is 19.1 Å². The minimum Gasteiger partial charge on any atom is -0.487 e. The molecule has 0 bridgehead atoms. The number of nitrogen functional groups attached to an aromatic ring is 1. The zero-order chi connectivity index (χ0) is 11.1. The molecule has 0 radical (unpaired) electrons. The highest BCUT2D eigenvalue weighted by Crippen LogP contribution is 2.39. The summed E-state index contributed by atoms with van der Waals surface area (Å²) in [6, 6.07) is 5.98. The molecule has 0 atom stereocenters. The summed E-state index contributed by atoms with van der Waals surface area (Å²) in [5, 5.41) is 0. The van der Waals surface area contributed by atoms with Crippen LogP contribution in [0.3, 0.4) is 0 Å². The quantitative estimate of drug-likeness (QED) is 0.682. The predicted molar refractivity (Wildman–Crippen MR) is 63.2 cm³/mol. The summed E-state index contributed by atoms with van der Waals surface area (Å²) in [6.07, 6.45) is 3.53. The molecule has 0 spiro atoms. The summed E-state index contributed by atoms with van der Waals surface area (Å²) in [7, 11) is 0. The zero-order valence-corrected chi connectivity index (χ0v) is 9.03. The van der Waals surface area contributed by atoms with Crippen molar-refractivity contribution in [1.82, 2.24) is 4.98 Å². The van der Waals surface area contributed by atoms with Crippen LogP contribution in [0.1, 0.15) is 11.1 Å². The van der Waals surface area contributed by atoms with Crippen molar-refractivity contribution in [1.29, 1.82) is 0 Å². The van der Waals surface area contributed by atoms with Gasteiger partial charge in [-0.2, -0.15) is 0 Å². The molecule has 80 valence electrons.